The average molecular weight is 442 g/mol. The quantitative estimate of drug-likeness (QED) is 0.676. The highest BCUT2D eigenvalue weighted by Gasteiger charge is 2.37. The standard InChI is InChI=1S/C27H27N3O3/c1-29-14-15-30(26(32)22-16-20-11-7-13-23(20)28-25(22)31)24(27(29)33)17-19-10-5-6-12-21(19)18-8-3-2-4-9-18/h2-6,8-10,12,16,24H,7,11,13-15,17H2,1H3,(H,28,31). The van der Waals surface area contributed by atoms with Crippen LogP contribution in [-0.4, -0.2) is 52.8 Å². The van der Waals surface area contributed by atoms with Crippen molar-refractivity contribution in [3.63, 3.8) is 0 Å². The van der Waals surface area contributed by atoms with Crippen LogP contribution < -0.4 is 5.56 Å². The Morgan fingerprint density at radius 1 is 1.00 bits per heavy atom. The minimum absolute atomic E-state index is 0.102. The van der Waals surface area contributed by atoms with E-state index in [9.17, 15) is 14.4 Å². The summed E-state index contributed by atoms with van der Waals surface area (Å²) < 4.78 is 0. The van der Waals surface area contributed by atoms with Crippen LogP contribution in [-0.2, 0) is 24.1 Å². The van der Waals surface area contributed by atoms with Crippen LogP contribution in [0.25, 0.3) is 11.1 Å². The molecule has 1 aliphatic carbocycles. The molecule has 2 aliphatic rings. The highest BCUT2D eigenvalue weighted by molar-refractivity contribution is 5.98. The number of hydrogen-bond acceptors (Lipinski definition) is 3. The maximum Gasteiger partial charge on any atom is 0.261 e. The Morgan fingerprint density at radius 2 is 1.76 bits per heavy atom. The van der Waals surface area contributed by atoms with Crippen molar-refractivity contribution in [1.29, 1.82) is 0 Å². The topological polar surface area (TPSA) is 73.5 Å². The van der Waals surface area contributed by atoms with Gasteiger partial charge in [0.1, 0.15) is 11.6 Å². The molecule has 6 nitrogen and oxygen atoms in total. The van der Waals surface area contributed by atoms with Crippen LogP contribution in [0, 0.1) is 0 Å². The summed E-state index contributed by atoms with van der Waals surface area (Å²) in [6.07, 6.45) is 3.07. The van der Waals surface area contributed by atoms with Crippen LogP contribution in [0.1, 0.15) is 33.6 Å². The molecule has 168 valence electrons. The molecule has 1 unspecified atom stereocenters. The molecule has 1 N–H and O–H groups in total. The van der Waals surface area contributed by atoms with Gasteiger partial charge in [-0.25, -0.2) is 0 Å². The van der Waals surface area contributed by atoms with E-state index in [-0.39, 0.29) is 22.9 Å². The van der Waals surface area contributed by atoms with E-state index in [1.165, 1.54) is 0 Å². The number of carbonyl (C=O) groups excluding carboxylic acids is 2. The van der Waals surface area contributed by atoms with Crippen molar-refractivity contribution in [3.8, 4) is 11.1 Å². The molecule has 1 aliphatic heterocycles. The fourth-order valence-electron chi connectivity index (χ4n) is 4.98. The van der Waals surface area contributed by atoms with Gasteiger partial charge in [0.05, 0.1) is 0 Å². The summed E-state index contributed by atoms with van der Waals surface area (Å²) in [6.45, 7) is 0.847. The van der Waals surface area contributed by atoms with E-state index in [4.69, 9.17) is 0 Å². The second kappa shape index (κ2) is 8.70. The fraction of sp³-hybridized carbons (Fsp3) is 0.296. The third-order valence-electron chi connectivity index (χ3n) is 6.81. The van der Waals surface area contributed by atoms with Crippen molar-refractivity contribution in [1.82, 2.24) is 14.8 Å². The number of pyridine rings is 1. The lowest BCUT2D eigenvalue weighted by Gasteiger charge is -2.39. The Balaban J connectivity index is 1.50. The number of fused-ring (bicyclic) bond motifs is 1. The first-order valence-electron chi connectivity index (χ1n) is 11.5. The lowest BCUT2D eigenvalue weighted by atomic mass is 9.93. The van der Waals surface area contributed by atoms with Gasteiger partial charge in [-0.2, -0.15) is 0 Å². The molecule has 0 bridgehead atoms. The van der Waals surface area contributed by atoms with Crippen LogP contribution in [0.5, 0.6) is 0 Å². The molecule has 1 atom stereocenters. The number of nitrogens with one attached hydrogen (secondary N) is 1. The van der Waals surface area contributed by atoms with Gasteiger partial charge in [-0.1, -0.05) is 54.6 Å². The number of aryl methyl sites for hydroxylation is 2. The molecule has 0 spiro atoms. The highest BCUT2D eigenvalue weighted by atomic mass is 16.2. The molecule has 1 saturated heterocycles. The van der Waals surface area contributed by atoms with Crippen LogP contribution in [0.3, 0.4) is 0 Å². The summed E-state index contributed by atoms with van der Waals surface area (Å²) in [6, 6.07) is 19.1. The molecule has 33 heavy (non-hydrogen) atoms. The normalized spacial score (nSPS) is 17.8. The molecule has 5 rings (SSSR count). The third-order valence-corrected chi connectivity index (χ3v) is 6.81. The van der Waals surface area contributed by atoms with E-state index in [0.717, 1.165) is 47.2 Å². The SMILES string of the molecule is CN1CCN(C(=O)c2cc3c([nH]c2=O)CCC3)C(Cc2ccccc2-c2ccccc2)C1=O. The first kappa shape index (κ1) is 21.2. The molecule has 1 aromatic heterocycles. The number of piperazine rings is 1. The number of likely N-dealkylation sites (N-methyl/N-ethyl adjacent to an activating group) is 1. The zero-order valence-electron chi connectivity index (χ0n) is 18.7. The predicted octanol–water partition coefficient (Wildman–Crippen LogP) is 3.06. The average Bonchev–Trinajstić information content (AvgIpc) is 3.29. The lowest BCUT2D eigenvalue weighted by molar-refractivity contribution is -0.138. The van der Waals surface area contributed by atoms with Gasteiger partial charge in [-0.05, 0) is 47.6 Å². The number of aromatic nitrogens is 1. The minimum atomic E-state index is -0.659. The van der Waals surface area contributed by atoms with Gasteiger partial charge in [-0.3, -0.25) is 14.4 Å². The summed E-state index contributed by atoms with van der Waals surface area (Å²) in [4.78, 5) is 45.7. The van der Waals surface area contributed by atoms with E-state index in [0.29, 0.717) is 19.5 Å². The number of benzene rings is 2. The first-order chi connectivity index (χ1) is 16.0. The van der Waals surface area contributed by atoms with Crippen molar-refractivity contribution in [3.05, 3.63) is 93.4 Å². The summed E-state index contributed by atoms with van der Waals surface area (Å²) in [7, 11) is 1.77. The minimum Gasteiger partial charge on any atom is -0.342 e. The van der Waals surface area contributed by atoms with Gasteiger partial charge in [0.25, 0.3) is 11.5 Å². The maximum atomic E-state index is 13.6. The monoisotopic (exact) mass is 441 g/mol. The summed E-state index contributed by atoms with van der Waals surface area (Å²) >= 11 is 0. The van der Waals surface area contributed by atoms with Gasteiger partial charge in [0.15, 0.2) is 0 Å². The number of aromatic amines is 1. The second-order valence-corrected chi connectivity index (χ2v) is 8.87. The molecule has 0 radical (unpaired) electrons. The molecule has 3 aromatic rings. The lowest BCUT2D eigenvalue weighted by Crippen LogP contribution is -2.58. The van der Waals surface area contributed by atoms with Crippen molar-refractivity contribution in [2.24, 2.45) is 0 Å². The highest BCUT2D eigenvalue weighted by Crippen LogP contribution is 2.27. The van der Waals surface area contributed by atoms with Crippen LogP contribution >= 0.6 is 0 Å². The summed E-state index contributed by atoms with van der Waals surface area (Å²) in [5, 5.41) is 0. The van der Waals surface area contributed by atoms with Crippen molar-refractivity contribution in [2.45, 2.75) is 31.7 Å². The first-order valence-corrected chi connectivity index (χ1v) is 11.5. The number of rotatable bonds is 4. The number of carbonyl (C=O) groups is 2. The van der Waals surface area contributed by atoms with Gasteiger partial charge >= 0.3 is 0 Å². The predicted molar refractivity (Wildman–Crippen MR) is 127 cm³/mol. The van der Waals surface area contributed by atoms with Gasteiger partial charge in [-0.15, -0.1) is 0 Å². The van der Waals surface area contributed by atoms with Crippen molar-refractivity contribution < 1.29 is 9.59 Å². The molecule has 6 heteroatoms. The van der Waals surface area contributed by atoms with E-state index < -0.39 is 6.04 Å². The molecular weight excluding hydrogens is 414 g/mol. The van der Waals surface area contributed by atoms with E-state index in [1.54, 1.807) is 22.9 Å². The van der Waals surface area contributed by atoms with Crippen molar-refractivity contribution >= 4 is 11.8 Å². The molecule has 2 aromatic carbocycles. The molecule has 2 amide bonds. The fourth-order valence-corrected chi connectivity index (χ4v) is 4.98. The molecule has 0 saturated carbocycles. The smallest absolute Gasteiger partial charge is 0.261 e. The van der Waals surface area contributed by atoms with Crippen LogP contribution in [0.2, 0.25) is 0 Å². The number of amides is 2. The Labute approximate surface area is 192 Å². The Bertz CT molecular complexity index is 1270. The molecular formula is C27H27N3O3. The van der Waals surface area contributed by atoms with Crippen LogP contribution in [0.4, 0.5) is 0 Å². The number of hydrogen-bond donors (Lipinski definition) is 1. The van der Waals surface area contributed by atoms with E-state index >= 15 is 0 Å². The third kappa shape index (κ3) is 3.97. The Kier molecular flexibility index (Phi) is 5.58. The van der Waals surface area contributed by atoms with E-state index in [1.807, 2.05) is 54.6 Å². The Hall–Kier alpha value is -3.67. The number of H-pyrrole nitrogens is 1. The van der Waals surface area contributed by atoms with Gasteiger partial charge in [0.2, 0.25) is 5.91 Å². The number of nitrogens with zero attached hydrogens (tertiary/aromatic N) is 2. The van der Waals surface area contributed by atoms with E-state index in [2.05, 4.69) is 4.98 Å². The largest absolute Gasteiger partial charge is 0.342 e. The Morgan fingerprint density at radius 3 is 2.58 bits per heavy atom. The van der Waals surface area contributed by atoms with Gasteiger partial charge < -0.3 is 14.8 Å². The molecule has 2 heterocycles. The summed E-state index contributed by atoms with van der Waals surface area (Å²) in [5.41, 5.74) is 4.84. The van der Waals surface area contributed by atoms with Crippen molar-refractivity contribution in [2.75, 3.05) is 20.1 Å². The zero-order valence-corrected chi connectivity index (χ0v) is 18.7. The van der Waals surface area contributed by atoms with Crippen LogP contribution in [0.15, 0.2) is 65.5 Å². The van der Waals surface area contributed by atoms with Gasteiger partial charge in [0, 0.05) is 32.3 Å². The molecule has 1 fully saturated rings. The zero-order chi connectivity index (χ0) is 22.9. The maximum absolute atomic E-state index is 13.6. The summed E-state index contributed by atoms with van der Waals surface area (Å²) in [5.74, 6) is -0.468. The second-order valence-electron chi connectivity index (χ2n) is 8.87.